The lowest BCUT2D eigenvalue weighted by atomic mass is 10.1. The number of alkyl halides is 3. The third kappa shape index (κ3) is 7.56. The zero-order valence-corrected chi connectivity index (χ0v) is 23.4. The Morgan fingerprint density at radius 1 is 1.05 bits per heavy atom. The van der Waals surface area contributed by atoms with Crippen LogP contribution in [0.5, 0.6) is 5.75 Å². The fourth-order valence-corrected chi connectivity index (χ4v) is 5.29. The van der Waals surface area contributed by atoms with Gasteiger partial charge < -0.3 is 9.64 Å². The van der Waals surface area contributed by atoms with Crippen LogP contribution in [-0.4, -0.2) is 36.4 Å². The van der Waals surface area contributed by atoms with Crippen LogP contribution in [0.2, 0.25) is 0 Å². The Hall–Kier alpha value is -4.09. The van der Waals surface area contributed by atoms with Gasteiger partial charge in [-0.15, -0.1) is 18.3 Å². The van der Waals surface area contributed by atoms with Crippen molar-refractivity contribution in [2.75, 3.05) is 22.2 Å². The molecule has 0 aromatic heterocycles. The van der Waals surface area contributed by atoms with Gasteiger partial charge in [-0.05, 0) is 67.3 Å². The van der Waals surface area contributed by atoms with Crippen LogP contribution in [-0.2, 0) is 0 Å². The van der Waals surface area contributed by atoms with Crippen molar-refractivity contribution in [2.24, 2.45) is 15.2 Å². The first kappa shape index (κ1) is 28.4. The Bertz CT molecular complexity index is 1460. The average Bonchev–Trinajstić information content (AvgIpc) is 3.44. The summed E-state index contributed by atoms with van der Waals surface area (Å²) in [7, 11) is 0. The van der Waals surface area contributed by atoms with Gasteiger partial charge in [0.1, 0.15) is 18.3 Å². The molecule has 41 heavy (non-hydrogen) atoms. The van der Waals surface area contributed by atoms with E-state index in [4.69, 9.17) is 0 Å². The molecular weight excluding hydrogens is 549 g/mol. The second kappa shape index (κ2) is 12.6. The molecule has 11 heteroatoms. The lowest BCUT2D eigenvalue weighted by Gasteiger charge is -2.30. The summed E-state index contributed by atoms with van der Waals surface area (Å²) in [6.45, 7) is 5.08. The highest BCUT2D eigenvalue weighted by atomic mass is 32.2. The lowest BCUT2D eigenvalue weighted by molar-refractivity contribution is -0.274. The molecule has 212 valence electrons. The van der Waals surface area contributed by atoms with E-state index in [2.05, 4.69) is 62.3 Å². The van der Waals surface area contributed by atoms with Gasteiger partial charge >= 0.3 is 6.36 Å². The van der Waals surface area contributed by atoms with Crippen molar-refractivity contribution in [3.8, 4) is 5.75 Å². The van der Waals surface area contributed by atoms with E-state index in [0.717, 1.165) is 46.3 Å². The van der Waals surface area contributed by atoms with Crippen molar-refractivity contribution < 1.29 is 17.9 Å². The molecule has 3 aromatic rings. The minimum Gasteiger partial charge on any atom is -0.406 e. The number of thioether (sulfide) groups is 1. The van der Waals surface area contributed by atoms with Gasteiger partial charge in [-0.25, -0.2) is 4.99 Å². The van der Waals surface area contributed by atoms with Gasteiger partial charge in [-0.3, -0.25) is 5.01 Å². The number of hydrogen-bond donors (Lipinski definition) is 1. The number of nitrogens with one attached hydrogen (secondary N) is 1. The van der Waals surface area contributed by atoms with Crippen LogP contribution in [0.3, 0.4) is 0 Å². The van der Waals surface area contributed by atoms with E-state index >= 15 is 0 Å². The molecule has 2 aliphatic heterocycles. The number of allylic oxidation sites excluding steroid dienone is 1. The quantitative estimate of drug-likeness (QED) is 0.234. The summed E-state index contributed by atoms with van der Waals surface area (Å²) in [5.41, 5.74) is 9.20. The Morgan fingerprint density at radius 2 is 1.80 bits per heavy atom. The molecule has 1 N–H and O–H groups in total. The van der Waals surface area contributed by atoms with Crippen molar-refractivity contribution in [3.63, 3.8) is 0 Å². The molecule has 0 amide bonds. The maximum Gasteiger partial charge on any atom is 0.573 e. The summed E-state index contributed by atoms with van der Waals surface area (Å²) >= 11 is 1.71. The van der Waals surface area contributed by atoms with E-state index in [1.54, 1.807) is 29.3 Å². The first-order chi connectivity index (χ1) is 19.7. The van der Waals surface area contributed by atoms with Crippen LogP contribution >= 0.6 is 11.8 Å². The highest BCUT2D eigenvalue weighted by molar-refractivity contribution is 8.14. The lowest BCUT2D eigenvalue weighted by Crippen LogP contribution is -2.34. The molecule has 2 aliphatic rings. The van der Waals surface area contributed by atoms with Crippen LogP contribution in [0.4, 0.5) is 24.5 Å². The summed E-state index contributed by atoms with van der Waals surface area (Å²) in [6, 6.07) is 21.7. The number of hydrogen-bond acceptors (Lipinski definition) is 7. The molecule has 0 radical (unpaired) electrons. The summed E-state index contributed by atoms with van der Waals surface area (Å²) in [4.78, 5) is 6.70. The van der Waals surface area contributed by atoms with E-state index in [9.17, 15) is 13.2 Å². The predicted molar refractivity (Wildman–Crippen MR) is 162 cm³/mol. The minimum absolute atomic E-state index is 0.278. The first-order valence-corrected chi connectivity index (χ1v) is 14.0. The van der Waals surface area contributed by atoms with Gasteiger partial charge in [-0.1, -0.05) is 65.9 Å². The highest BCUT2D eigenvalue weighted by Crippen LogP contribution is 2.30. The molecule has 0 spiro atoms. The minimum atomic E-state index is -4.73. The van der Waals surface area contributed by atoms with Crippen molar-refractivity contribution in [1.29, 1.82) is 0 Å². The molecule has 3 aromatic carbocycles. The van der Waals surface area contributed by atoms with Gasteiger partial charge in [0.25, 0.3) is 0 Å². The van der Waals surface area contributed by atoms with E-state index in [-0.39, 0.29) is 11.9 Å². The standard InChI is InChI=1S/C30H29F3N6OS/c1-21(2)18-24-6-3-4-7-27(24)38-16-5-17-41-29(38)36-35-19-22-8-10-23(11-9-22)28-34-20-39(37-28)25-12-14-26(15-13-25)40-30(31,32)33/h3-4,6-15,18-20,28,37H,5,16-17H2,1-2H3/b35-19+,36-29-. The number of para-hydroxylation sites is 1. The maximum absolute atomic E-state index is 12.4. The molecular formula is C30H29F3N6OS. The predicted octanol–water partition coefficient (Wildman–Crippen LogP) is 7.39. The summed E-state index contributed by atoms with van der Waals surface area (Å²) in [5, 5.41) is 11.5. The second-order valence-electron chi connectivity index (χ2n) is 9.64. The zero-order chi connectivity index (χ0) is 28.8. The Morgan fingerprint density at radius 3 is 2.54 bits per heavy atom. The van der Waals surface area contributed by atoms with Crippen LogP contribution < -0.4 is 20.1 Å². The summed E-state index contributed by atoms with van der Waals surface area (Å²) in [6.07, 6.45) is 1.53. The molecule has 1 unspecified atom stereocenters. The number of nitrogens with zero attached hydrogens (tertiary/aromatic N) is 5. The number of ether oxygens (including phenoxy) is 1. The van der Waals surface area contributed by atoms with E-state index in [1.165, 1.54) is 29.8 Å². The monoisotopic (exact) mass is 578 g/mol. The normalized spacial score (nSPS) is 18.4. The molecule has 7 nitrogen and oxygen atoms in total. The van der Waals surface area contributed by atoms with Crippen LogP contribution in [0.15, 0.2) is 93.6 Å². The second-order valence-corrected chi connectivity index (χ2v) is 10.7. The molecule has 0 aliphatic carbocycles. The molecule has 5 rings (SSSR count). The smallest absolute Gasteiger partial charge is 0.406 e. The van der Waals surface area contributed by atoms with Crippen LogP contribution in [0, 0.1) is 0 Å². The van der Waals surface area contributed by atoms with Crippen LogP contribution in [0.1, 0.15) is 43.1 Å². The number of benzene rings is 3. The topological polar surface area (TPSA) is 64.8 Å². The van der Waals surface area contributed by atoms with Crippen molar-refractivity contribution in [1.82, 2.24) is 5.43 Å². The molecule has 1 atom stereocenters. The molecule has 0 saturated carbocycles. The number of aliphatic imine (C=N–C) groups is 1. The largest absolute Gasteiger partial charge is 0.573 e. The van der Waals surface area contributed by atoms with Gasteiger partial charge in [0.2, 0.25) is 0 Å². The van der Waals surface area contributed by atoms with E-state index < -0.39 is 6.36 Å². The van der Waals surface area contributed by atoms with Gasteiger partial charge in [0.05, 0.1) is 17.6 Å². The zero-order valence-electron chi connectivity index (χ0n) is 22.5. The van der Waals surface area contributed by atoms with Crippen molar-refractivity contribution >= 4 is 46.9 Å². The Labute approximate surface area is 241 Å². The number of hydrazine groups is 1. The Kier molecular flexibility index (Phi) is 8.75. The number of halogens is 3. The Balaban J connectivity index is 1.22. The third-order valence-corrected chi connectivity index (χ3v) is 7.26. The maximum atomic E-state index is 12.4. The fourth-order valence-electron chi connectivity index (χ4n) is 4.38. The first-order valence-electron chi connectivity index (χ1n) is 13.0. The van der Waals surface area contributed by atoms with Gasteiger partial charge in [-0.2, -0.15) is 10.5 Å². The highest BCUT2D eigenvalue weighted by Gasteiger charge is 2.31. The average molecular weight is 579 g/mol. The number of rotatable bonds is 7. The molecule has 2 heterocycles. The summed E-state index contributed by atoms with van der Waals surface area (Å²) in [5.74, 6) is 0.724. The number of amidine groups is 1. The molecule has 1 fully saturated rings. The van der Waals surface area contributed by atoms with Crippen molar-refractivity contribution in [2.45, 2.75) is 32.8 Å². The van der Waals surface area contributed by atoms with Crippen molar-refractivity contribution in [3.05, 3.63) is 95.1 Å². The van der Waals surface area contributed by atoms with Gasteiger partial charge in [0.15, 0.2) is 5.17 Å². The van der Waals surface area contributed by atoms with E-state index in [0.29, 0.717) is 5.69 Å². The van der Waals surface area contributed by atoms with E-state index in [1.807, 2.05) is 36.4 Å². The SMILES string of the molecule is CC(C)=Cc1ccccc1N1CCCS/C1=N\N=C\c1ccc(C2N=CN(c3ccc(OC(F)(F)F)cc3)N2)cc1. The van der Waals surface area contributed by atoms with Gasteiger partial charge in [0, 0.05) is 12.3 Å². The van der Waals surface area contributed by atoms with Crippen LogP contribution in [0.25, 0.3) is 6.08 Å². The number of anilines is 2. The molecule has 1 saturated heterocycles. The molecule has 0 bridgehead atoms. The third-order valence-electron chi connectivity index (χ3n) is 6.20. The summed E-state index contributed by atoms with van der Waals surface area (Å²) < 4.78 is 41.1. The fraction of sp³-hybridized carbons (Fsp3) is 0.233.